The van der Waals surface area contributed by atoms with Crippen molar-refractivity contribution in [2.75, 3.05) is 6.54 Å². The highest BCUT2D eigenvalue weighted by atomic mass is 16.2. The van der Waals surface area contributed by atoms with Crippen LogP contribution in [0.1, 0.15) is 45.0 Å². The van der Waals surface area contributed by atoms with E-state index in [0.29, 0.717) is 12.5 Å². The summed E-state index contributed by atoms with van der Waals surface area (Å²) >= 11 is 0. The molecular formula is C12H19N5O. The van der Waals surface area contributed by atoms with Gasteiger partial charge in [-0.3, -0.25) is 15.1 Å². The number of hydrogen-bond donors (Lipinski definition) is 2. The normalized spacial score (nSPS) is 21.4. The van der Waals surface area contributed by atoms with Crippen molar-refractivity contribution in [3.05, 3.63) is 18.2 Å². The lowest BCUT2D eigenvalue weighted by atomic mass is 10.2. The topological polar surface area (TPSA) is 71.3 Å². The highest BCUT2D eigenvalue weighted by molar-refractivity contribution is 6.06. The van der Waals surface area contributed by atoms with Crippen LogP contribution in [0.25, 0.3) is 0 Å². The molecule has 0 radical (unpaired) electrons. The second kappa shape index (κ2) is 5.20. The van der Waals surface area contributed by atoms with Gasteiger partial charge < -0.3 is 9.88 Å². The number of carbonyl (C=O) groups excluding carboxylic acids is 1. The smallest absolute Gasteiger partial charge is 0.255 e. The molecule has 1 atom stereocenters. The molecule has 1 aromatic rings. The Labute approximate surface area is 107 Å². The molecule has 1 amide bonds. The molecule has 0 saturated carbocycles. The number of imidazole rings is 1. The molecule has 1 aliphatic rings. The molecule has 1 saturated heterocycles. The predicted octanol–water partition coefficient (Wildman–Crippen LogP) is 0.990. The van der Waals surface area contributed by atoms with E-state index in [-0.39, 0.29) is 11.9 Å². The number of nitrogens with one attached hydrogen (secondary N) is 2. The minimum absolute atomic E-state index is 0.0766. The van der Waals surface area contributed by atoms with E-state index in [4.69, 9.17) is 0 Å². The van der Waals surface area contributed by atoms with E-state index < -0.39 is 6.04 Å². The van der Waals surface area contributed by atoms with Crippen molar-refractivity contribution in [2.45, 2.75) is 39.3 Å². The first-order chi connectivity index (χ1) is 8.63. The number of amides is 1. The van der Waals surface area contributed by atoms with Crippen molar-refractivity contribution in [3.8, 4) is 0 Å². The van der Waals surface area contributed by atoms with Gasteiger partial charge in [0.15, 0.2) is 12.0 Å². The van der Waals surface area contributed by atoms with Crippen LogP contribution >= 0.6 is 0 Å². The first kappa shape index (κ1) is 12.6. The van der Waals surface area contributed by atoms with Gasteiger partial charge in [-0.15, -0.1) is 0 Å². The van der Waals surface area contributed by atoms with E-state index in [2.05, 4.69) is 34.5 Å². The van der Waals surface area contributed by atoms with Crippen LogP contribution in [0.15, 0.2) is 17.5 Å². The number of rotatable bonds is 4. The summed E-state index contributed by atoms with van der Waals surface area (Å²) in [5.41, 5.74) is 0.865. The monoisotopic (exact) mass is 249 g/mol. The fraction of sp³-hybridized carbons (Fsp3) is 0.583. The molecule has 2 heterocycles. The lowest BCUT2D eigenvalue weighted by Gasteiger charge is -2.14. The highest BCUT2D eigenvalue weighted by Gasteiger charge is 2.32. The molecule has 1 aromatic heterocycles. The van der Waals surface area contributed by atoms with Gasteiger partial charge in [0.25, 0.3) is 5.91 Å². The summed E-state index contributed by atoms with van der Waals surface area (Å²) in [5, 5.41) is 5.85. The molecule has 0 aromatic carbocycles. The summed E-state index contributed by atoms with van der Waals surface area (Å²) in [6.45, 7) is 6.87. The fourth-order valence-corrected chi connectivity index (χ4v) is 1.91. The Morgan fingerprint density at radius 1 is 1.56 bits per heavy atom. The van der Waals surface area contributed by atoms with Gasteiger partial charge in [0.2, 0.25) is 0 Å². The summed E-state index contributed by atoms with van der Waals surface area (Å²) in [6.07, 6.45) is 4.42. The second-order valence-corrected chi connectivity index (χ2v) is 4.62. The standard InChI is InChI=1S/C12H19N5O/c1-4-5-14-12-15-10(11(18)16-12)9-6-13-7-17(9)8(2)3/h6-8,10H,4-5H2,1-3H3,(H2,14,15,16,18). The third-order valence-corrected chi connectivity index (χ3v) is 2.83. The summed E-state index contributed by atoms with van der Waals surface area (Å²) in [5.74, 6) is 0.482. The molecule has 2 rings (SSSR count). The molecular weight excluding hydrogens is 230 g/mol. The predicted molar refractivity (Wildman–Crippen MR) is 69.2 cm³/mol. The van der Waals surface area contributed by atoms with Gasteiger partial charge in [-0.2, -0.15) is 0 Å². The fourth-order valence-electron chi connectivity index (χ4n) is 1.91. The van der Waals surface area contributed by atoms with Crippen LogP contribution in [0.4, 0.5) is 0 Å². The Bertz CT molecular complexity index is 463. The Balaban J connectivity index is 2.19. The lowest BCUT2D eigenvalue weighted by molar-refractivity contribution is -0.120. The van der Waals surface area contributed by atoms with Crippen molar-refractivity contribution in [2.24, 2.45) is 4.99 Å². The van der Waals surface area contributed by atoms with Crippen molar-refractivity contribution in [1.82, 2.24) is 20.2 Å². The third-order valence-electron chi connectivity index (χ3n) is 2.83. The minimum atomic E-state index is -0.398. The summed E-state index contributed by atoms with van der Waals surface area (Å²) in [7, 11) is 0. The molecule has 6 heteroatoms. The van der Waals surface area contributed by atoms with Crippen LogP contribution in [0.2, 0.25) is 0 Å². The molecule has 0 bridgehead atoms. The second-order valence-electron chi connectivity index (χ2n) is 4.62. The Hall–Kier alpha value is -1.85. The van der Waals surface area contributed by atoms with E-state index in [1.807, 2.05) is 11.5 Å². The molecule has 2 N–H and O–H groups in total. The zero-order chi connectivity index (χ0) is 13.1. The number of aromatic nitrogens is 2. The minimum Gasteiger partial charge on any atom is -0.339 e. The van der Waals surface area contributed by atoms with Crippen LogP contribution in [-0.4, -0.2) is 28.0 Å². The van der Waals surface area contributed by atoms with Gasteiger partial charge in [-0.05, 0) is 20.3 Å². The zero-order valence-electron chi connectivity index (χ0n) is 11.0. The number of carbonyl (C=O) groups is 1. The molecule has 1 fully saturated rings. The first-order valence-electron chi connectivity index (χ1n) is 6.27. The molecule has 1 unspecified atom stereocenters. The van der Waals surface area contributed by atoms with Crippen LogP contribution < -0.4 is 10.6 Å². The lowest BCUT2D eigenvalue weighted by Crippen LogP contribution is -2.26. The van der Waals surface area contributed by atoms with E-state index in [1.165, 1.54) is 0 Å². The van der Waals surface area contributed by atoms with E-state index in [1.54, 1.807) is 12.5 Å². The first-order valence-corrected chi connectivity index (χ1v) is 6.27. The van der Waals surface area contributed by atoms with Crippen LogP contribution in [0, 0.1) is 0 Å². The van der Waals surface area contributed by atoms with Crippen molar-refractivity contribution in [3.63, 3.8) is 0 Å². The maximum absolute atomic E-state index is 11.9. The molecule has 6 nitrogen and oxygen atoms in total. The van der Waals surface area contributed by atoms with Gasteiger partial charge in [0.05, 0.1) is 18.2 Å². The molecule has 18 heavy (non-hydrogen) atoms. The Morgan fingerprint density at radius 3 is 3.00 bits per heavy atom. The number of aliphatic imine (C=N–C) groups is 1. The maximum atomic E-state index is 11.9. The zero-order valence-corrected chi connectivity index (χ0v) is 11.0. The van der Waals surface area contributed by atoms with Crippen LogP contribution in [0.5, 0.6) is 0 Å². The summed E-state index contributed by atoms with van der Waals surface area (Å²) in [4.78, 5) is 20.3. The van der Waals surface area contributed by atoms with Crippen LogP contribution in [0.3, 0.4) is 0 Å². The van der Waals surface area contributed by atoms with Gasteiger partial charge >= 0.3 is 0 Å². The molecule has 98 valence electrons. The van der Waals surface area contributed by atoms with Gasteiger partial charge in [-0.1, -0.05) is 6.92 Å². The maximum Gasteiger partial charge on any atom is 0.255 e. The number of guanidine groups is 1. The molecule has 0 aliphatic carbocycles. The van der Waals surface area contributed by atoms with Gasteiger partial charge in [-0.25, -0.2) is 4.98 Å². The largest absolute Gasteiger partial charge is 0.339 e. The summed E-state index contributed by atoms with van der Waals surface area (Å²) < 4.78 is 1.99. The quantitative estimate of drug-likeness (QED) is 0.836. The van der Waals surface area contributed by atoms with E-state index in [9.17, 15) is 4.79 Å². The van der Waals surface area contributed by atoms with E-state index >= 15 is 0 Å². The Morgan fingerprint density at radius 2 is 2.33 bits per heavy atom. The SMILES string of the molecule is CCCN=C1NC(=O)C(c2cncn2C(C)C)N1. The third kappa shape index (κ3) is 2.37. The number of nitrogens with zero attached hydrogens (tertiary/aromatic N) is 3. The van der Waals surface area contributed by atoms with Gasteiger partial charge in [0, 0.05) is 12.6 Å². The van der Waals surface area contributed by atoms with Crippen molar-refractivity contribution < 1.29 is 4.79 Å². The molecule has 0 spiro atoms. The van der Waals surface area contributed by atoms with Crippen molar-refractivity contribution in [1.29, 1.82) is 0 Å². The summed E-state index contributed by atoms with van der Waals surface area (Å²) in [6, 6.07) is -0.126. The van der Waals surface area contributed by atoms with Crippen LogP contribution in [-0.2, 0) is 4.79 Å². The average molecular weight is 249 g/mol. The molecule has 1 aliphatic heterocycles. The van der Waals surface area contributed by atoms with E-state index in [0.717, 1.165) is 12.1 Å². The van der Waals surface area contributed by atoms with Crippen molar-refractivity contribution >= 4 is 11.9 Å². The average Bonchev–Trinajstić information content (AvgIpc) is 2.92. The Kier molecular flexibility index (Phi) is 3.64. The van der Waals surface area contributed by atoms with Gasteiger partial charge in [0.1, 0.15) is 0 Å². The number of hydrogen-bond acceptors (Lipinski definition) is 3. The highest BCUT2D eigenvalue weighted by Crippen LogP contribution is 2.19.